The van der Waals surface area contributed by atoms with Gasteiger partial charge in [0.1, 0.15) is 5.92 Å². The van der Waals surface area contributed by atoms with Crippen LogP contribution in [0.5, 0.6) is 0 Å². The minimum absolute atomic E-state index is 0.129. The Morgan fingerprint density at radius 3 is 2.44 bits per heavy atom. The lowest BCUT2D eigenvalue weighted by Gasteiger charge is -2.31. The van der Waals surface area contributed by atoms with Gasteiger partial charge in [0.15, 0.2) is 0 Å². The summed E-state index contributed by atoms with van der Waals surface area (Å²) in [6.45, 7) is 7.02. The van der Waals surface area contributed by atoms with Gasteiger partial charge in [0.25, 0.3) is 5.69 Å². The van der Waals surface area contributed by atoms with Crippen LogP contribution >= 0.6 is 0 Å². The monoisotopic (exact) mass is 374 g/mol. The molecule has 2 rings (SSSR count). The minimum atomic E-state index is -0.866. The molecule has 1 aliphatic heterocycles. The number of carbonyl (C=O) groups excluding carboxylic acids is 2. The molecule has 1 aromatic rings. The molecule has 0 spiro atoms. The smallest absolute Gasteiger partial charge is 0.336 e. The molecule has 0 radical (unpaired) electrons. The molecule has 1 aromatic carbocycles. The van der Waals surface area contributed by atoms with E-state index in [1.165, 1.54) is 18.2 Å². The van der Waals surface area contributed by atoms with Gasteiger partial charge >= 0.3 is 11.9 Å². The summed E-state index contributed by atoms with van der Waals surface area (Å²) in [6, 6.07) is 5.89. The van der Waals surface area contributed by atoms with Crippen LogP contribution < -0.4 is 0 Å². The van der Waals surface area contributed by atoms with E-state index >= 15 is 0 Å². The molecule has 1 heterocycles. The maximum absolute atomic E-state index is 12.6. The van der Waals surface area contributed by atoms with Crippen molar-refractivity contribution in [1.29, 1.82) is 0 Å². The molecule has 0 aromatic heterocycles. The van der Waals surface area contributed by atoms with Crippen LogP contribution in [-0.4, -0.2) is 35.8 Å². The molecule has 1 unspecified atom stereocenters. The Labute approximate surface area is 157 Å². The van der Waals surface area contributed by atoms with E-state index < -0.39 is 28.7 Å². The highest BCUT2D eigenvalue weighted by molar-refractivity contribution is 6.07. The van der Waals surface area contributed by atoms with Crippen LogP contribution in [0.3, 0.4) is 0 Å². The van der Waals surface area contributed by atoms with Gasteiger partial charge in [-0.25, -0.2) is 4.79 Å². The van der Waals surface area contributed by atoms with E-state index in [9.17, 15) is 19.7 Å². The average Bonchev–Trinajstić information content (AvgIpc) is 2.61. The van der Waals surface area contributed by atoms with Crippen molar-refractivity contribution < 1.29 is 24.0 Å². The number of allylic oxidation sites excluding steroid dienone is 1. The topological polar surface area (TPSA) is 108 Å². The van der Waals surface area contributed by atoms with E-state index in [0.29, 0.717) is 17.0 Å². The lowest BCUT2D eigenvalue weighted by atomic mass is 9.75. The van der Waals surface area contributed by atoms with E-state index in [1.807, 2.05) is 0 Å². The summed E-state index contributed by atoms with van der Waals surface area (Å²) in [5, 5.41) is 11.2. The zero-order valence-corrected chi connectivity index (χ0v) is 15.7. The third-order valence-corrected chi connectivity index (χ3v) is 4.30. The highest BCUT2D eigenvalue weighted by Crippen LogP contribution is 2.40. The Hall–Kier alpha value is -3.03. The molecule has 8 heteroatoms. The zero-order valence-electron chi connectivity index (χ0n) is 15.7. The Balaban J connectivity index is 2.67. The van der Waals surface area contributed by atoms with Crippen LogP contribution in [0.25, 0.3) is 0 Å². The Morgan fingerprint density at radius 2 is 1.85 bits per heavy atom. The molecule has 0 bridgehead atoms. The maximum atomic E-state index is 12.6. The lowest BCUT2D eigenvalue weighted by molar-refractivity contribution is -0.384. The average molecular weight is 374 g/mol. The molecule has 2 atom stereocenters. The number of esters is 2. The number of benzene rings is 1. The van der Waals surface area contributed by atoms with Gasteiger partial charge in [0, 0.05) is 29.5 Å². The Kier molecular flexibility index (Phi) is 6.44. The number of rotatable bonds is 6. The molecule has 0 fully saturated rings. The molecule has 0 N–H and O–H groups in total. The first kappa shape index (κ1) is 20.3. The standard InChI is InChI=1S/C19H22N2O6/c1-5-26-18(22)15-11(3)20-12(4)16(19(23)27-6-2)17(15)13-8-7-9-14(10-13)21(24)25/h7-10,15,17H,5-6H2,1-4H3/t15?,17-/m1/s1. The fourth-order valence-electron chi connectivity index (χ4n) is 3.24. The summed E-state index contributed by atoms with van der Waals surface area (Å²) < 4.78 is 10.3. The van der Waals surface area contributed by atoms with Crippen LogP contribution in [0.4, 0.5) is 5.69 Å². The predicted molar refractivity (Wildman–Crippen MR) is 98.4 cm³/mol. The summed E-state index contributed by atoms with van der Waals surface area (Å²) in [6.07, 6.45) is 0. The third-order valence-electron chi connectivity index (χ3n) is 4.30. The number of nitro benzene ring substituents is 1. The summed E-state index contributed by atoms with van der Waals surface area (Å²) in [5.74, 6) is -2.78. The van der Waals surface area contributed by atoms with Crippen LogP contribution in [0.2, 0.25) is 0 Å². The van der Waals surface area contributed by atoms with Crippen molar-refractivity contribution in [3.63, 3.8) is 0 Å². The van der Waals surface area contributed by atoms with E-state index in [4.69, 9.17) is 9.47 Å². The Morgan fingerprint density at radius 1 is 1.19 bits per heavy atom. The highest BCUT2D eigenvalue weighted by Gasteiger charge is 2.42. The third kappa shape index (κ3) is 4.21. The van der Waals surface area contributed by atoms with Gasteiger partial charge in [0.05, 0.1) is 23.7 Å². The molecule has 0 saturated carbocycles. The number of nitrogens with zero attached hydrogens (tertiary/aromatic N) is 2. The number of aliphatic imine (C=N–C) groups is 1. The van der Waals surface area contributed by atoms with Gasteiger partial charge in [-0.2, -0.15) is 0 Å². The zero-order chi connectivity index (χ0) is 20.1. The number of ether oxygens (including phenoxy) is 2. The van der Waals surface area contributed by atoms with E-state index in [-0.39, 0.29) is 24.5 Å². The highest BCUT2D eigenvalue weighted by atomic mass is 16.6. The maximum Gasteiger partial charge on any atom is 0.336 e. The first-order chi connectivity index (χ1) is 12.8. The number of carbonyl (C=O) groups is 2. The quantitative estimate of drug-likeness (QED) is 0.430. The Bertz CT molecular complexity index is 827. The molecule has 27 heavy (non-hydrogen) atoms. The van der Waals surface area contributed by atoms with Gasteiger partial charge < -0.3 is 9.47 Å². The second-order valence-electron chi connectivity index (χ2n) is 6.03. The van der Waals surface area contributed by atoms with Gasteiger partial charge in [-0.15, -0.1) is 0 Å². The van der Waals surface area contributed by atoms with Crippen molar-refractivity contribution in [3.8, 4) is 0 Å². The predicted octanol–water partition coefficient (Wildman–Crippen LogP) is 3.17. The summed E-state index contributed by atoms with van der Waals surface area (Å²) in [7, 11) is 0. The molecule has 8 nitrogen and oxygen atoms in total. The number of non-ortho nitro benzene ring substituents is 1. The molecule has 144 valence electrons. The summed E-state index contributed by atoms with van der Waals surface area (Å²) >= 11 is 0. The van der Waals surface area contributed by atoms with Gasteiger partial charge in [0.2, 0.25) is 0 Å². The normalized spacial score (nSPS) is 19.3. The fraction of sp³-hybridized carbons (Fsp3) is 0.421. The first-order valence-corrected chi connectivity index (χ1v) is 8.65. The van der Waals surface area contributed by atoms with Crippen molar-refractivity contribution in [1.82, 2.24) is 0 Å². The van der Waals surface area contributed by atoms with Crippen LogP contribution in [-0.2, 0) is 19.1 Å². The van der Waals surface area contributed by atoms with E-state index in [2.05, 4.69) is 4.99 Å². The molecular weight excluding hydrogens is 352 g/mol. The molecule has 0 aliphatic carbocycles. The van der Waals surface area contributed by atoms with Crippen LogP contribution in [0.15, 0.2) is 40.5 Å². The van der Waals surface area contributed by atoms with Crippen molar-refractivity contribution in [2.24, 2.45) is 10.9 Å². The number of hydrogen-bond donors (Lipinski definition) is 0. The second kappa shape index (κ2) is 8.57. The van der Waals surface area contributed by atoms with E-state index in [1.54, 1.807) is 33.8 Å². The molecule has 0 saturated heterocycles. The fourth-order valence-corrected chi connectivity index (χ4v) is 3.24. The number of nitro groups is 1. The van der Waals surface area contributed by atoms with Gasteiger partial charge in [-0.05, 0) is 33.3 Å². The van der Waals surface area contributed by atoms with Crippen LogP contribution in [0, 0.1) is 16.0 Å². The summed E-state index contributed by atoms with van der Waals surface area (Å²) in [4.78, 5) is 40.3. The molecule has 0 amide bonds. The second-order valence-corrected chi connectivity index (χ2v) is 6.03. The van der Waals surface area contributed by atoms with Gasteiger partial charge in [-0.3, -0.25) is 19.9 Å². The first-order valence-electron chi connectivity index (χ1n) is 8.65. The largest absolute Gasteiger partial charge is 0.465 e. The number of hydrogen-bond acceptors (Lipinski definition) is 7. The molecule has 1 aliphatic rings. The van der Waals surface area contributed by atoms with Crippen molar-refractivity contribution >= 4 is 23.3 Å². The van der Waals surface area contributed by atoms with Crippen molar-refractivity contribution in [3.05, 3.63) is 51.2 Å². The van der Waals surface area contributed by atoms with Crippen LogP contribution in [0.1, 0.15) is 39.2 Å². The molecular formula is C19H22N2O6. The SMILES string of the molecule is CCOC(=O)C1=C(C)N=C(C)C(C(=O)OCC)[C@H]1c1cccc([N+](=O)[O-])c1. The van der Waals surface area contributed by atoms with Crippen molar-refractivity contribution in [2.45, 2.75) is 33.6 Å². The van der Waals surface area contributed by atoms with E-state index in [0.717, 1.165) is 0 Å². The minimum Gasteiger partial charge on any atom is -0.465 e. The lowest BCUT2D eigenvalue weighted by Crippen LogP contribution is -2.36. The summed E-state index contributed by atoms with van der Waals surface area (Å²) in [5.41, 5.74) is 1.44. The van der Waals surface area contributed by atoms with Crippen molar-refractivity contribution in [2.75, 3.05) is 13.2 Å². The van der Waals surface area contributed by atoms with Gasteiger partial charge in [-0.1, -0.05) is 12.1 Å².